The summed E-state index contributed by atoms with van der Waals surface area (Å²) in [6, 6.07) is 80.9. The van der Waals surface area contributed by atoms with Crippen LogP contribution < -0.4 is 4.90 Å². The minimum atomic E-state index is -0.434. The minimum absolute atomic E-state index is 0.130. The van der Waals surface area contributed by atoms with E-state index in [1.807, 2.05) is 11.3 Å². The van der Waals surface area contributed by atoms with Crippen LogP contribution in [0.4, 0.5) is 17.1 Å². The lowest BCUT2D eigenvalue weighted by Crippen LogP contribution is -2.25. The van der Waals surface area contributed by atoms with E-state index < -0.39 is 5.41 Å². The highest BCUT2D eigenvalue weighted by Crippen LogP contribution is 2.66. The Bertz CT molecular complexity index is 3880. The number of nitrogens with zero attached hydrogens (tertiary/aromatic N) is 1. The highest BCUT2D eigenvalue weighted by molar-refractivity contribution is 7.26. The Morgan fingerprint density at radius 2 is 0.739 bits per heavy atom. The molecular formula is C67H47NS. The van der Waals surface area contributed by atoms with Crippen LogP contribution >= 0.6 is 11.3 Å². The molecule has 11 aromatic rings. The maximum absolute atomic E-state index is 2.58. The van der Waals surface area contributed by atoms with Gasteiger partial charge in [0.1, 0.15) is 0 Å². The van der Waals surface area contributed by atoms with Crippen molar-refractivity contribution in [2.75, 3.05) is 4.90 Å². The minimum Gasteiger partial charge on any atom is -0.310 e. The molecule has 0 bridgehead atoms. The molecule has 1 aromatic heterocycles. The number of anilines is 3. The van der Waals surface area contributed by atoms with Crippen LogP contribution in [0, 0.1) is 0 Å². The lowest BCUT2D eigenvalue weighted by atomic mass is 9.70. The first-order valence-electron chi connectivity index (χ1n) is 24.4. The standard InChI is InChI=1S/C67H47NS/c1-65(2)52-25-13-8-20-44(52)48-33-30-41(36-57(48)65)68(42-31-34-49-45-21-9-14-26-53(45)66(3,4)58(49)37-42)43-32-35-51-60(38-43)69-61-39-59-63(62(64(51)61)40-18-6-5-7-19-40)50-24-12-17-29-56(50)67(59)54-27-15-10-22-46(54)47-23-11-16-28-55(47)67/h5-39H,1-4H3. The zero-order valence-corrected chi connectivity index (χ0v) is 39.9. The van der Waals surface area contributed by atoms with Crippen LogP contribution in [0.1, 0.15) is 72.2 Å². The number of rotatable bonds is 4. The van der Waals surface area contributed by atoms with E-state index >= 15 is 0 Å². The van der Waals surface area contributed by atoms with Gasteiger partial charge in [-0.05, 0) is 143 Å². The Kier molecular flexibility index (Phi) is 7.78. The van der Waals surface area contributed by atoms with Gasteiger partial charge in [-0.3, -0.25) is 0 Å². The molecule has 0 amide bonds. The average Bonchev–Trinajstić information content (AvgIpc) is 4.12. The lowest BCUT2D eigenvalue weighted by Gasteiger charge is -2.30. The van der Waals surface area contributed by atoms with Gasteiger partial charge in [-0.15, -0.1) is 11.3 Å². The van der Waals surface area contributed by atoms with Crippen molar-refractivity contribution in [1.29, 1.82) is 0 Å². The second-order valence-corrected chi connectivity index (χ2v) is 21.8. The highest BCUT2D eigenvalue weighted by atomic mass is 32.1. The quantitative estimate of drug-likeness (QED) is 0.170. The number of thiophene rings is 1. The van der Waals surface area contributed by atoms with Crippen molar-refractivity contribution < 1.29 is 0 Å². The van der Waals surface area contributed by atoms with Crippen molar-refractivity contribution in [2.45, 2.75) is 43.9 Å². The molecule has 0 radical (unpaired) electrons. The molecule has 2 heteroatoms. The first kappa shape index (κ1) is 39.2. The molecule has 0 fully saturated rings. The van der Waals surface area contributed by atoms with Gasteiger partial charge in [0.25, 0.3) is 0 Å². The fourth-order valence-electron chi connectivity index (χ4n) is 13.6. The van der Waals surface area contributed by atoms with Crippen molar-refractivity contribution in [1.82, 2.24) is 0 Å². The van der Waals surface area contributed by atoms with E-state index in [1.165, 1.54) is 132 Å². The fraction of sp³-hybridized carbons (Fsp3) is 0.104. The molecule has 0 atom stereocenters. The number of hydrogen-bond acceptors (Lipinski definition) is 2. The Morgan fingerprint density at radius 1 is 0.319 bits per heavy atom. The molecular weight excluding hydrogens is 851 g/mol. The highest BCUT2D eigenvalue weighted by Gasteiger charge is 2.52. The van der Waals surface area contributed by atoms with Gasteiger partial charge in [-0.1, -0.05) is 198 Å². The Morgan fingerprint density at radius 3 is 1.29 bits per heavy atom. The fourth-order valence-corrected chi connectivity index (χ4v) is 14.8. The molecule has 4 aliphatic rings. The number of hydrogen-bond donors (Lipinski definition) is 0. The second kappa shape index (κ2) is 13.7. The largest absolute Gasteiger partial charge is 0.310 e. The van der Waals surface area contributed by atoms with Gasteiger partial charge < -0.3 is 4.90 Å². The molecule has 326 valence electrons. The van der Waals surface area contributed by atoms with Crippen LogP contribution in [0.5, 0.6) is 0 Å². The summed E-state index contributed by atoms with van der Waals surface area (Å²) in [7, 11) is 0. The predicted octanol–water partition coefficient (Wildman–Crippen LogP) is 18.1. The molecule has 10 aromatic carbocycles. The molecule has 1 nitrogen and oxygen atoms in total. The predicted molar refractivity (Wildman–Crippen MR) is 291 cm³/mol. The first-order valence-corrected chi connectivity index (χ1v) is 25.2. The van der Waals surface area contributed by atoms with E-state index in [4.69, 9.17) is 0 Å². The van der Waals surface area contributed by atoms with Crippen LogP contribution in [0.25, 0.3) is 75.8 Å². The smallest absolute Gasteiger partial charge is 0.0726 e. The summed E-state index contributed by atoms with van der Waals surface area (Å²) in [4.78, 5) is 2.53. The Balaban J connectivity index is 0.990. The lowest BCUT2D eigenvalue weighted by molar-refractivity contribution is 0.660. The summed E-state index contributed by atoms with van der Waals surface area (Å²) >= 11 is 1.94. The average molecular weight is 898 g/mol. The van der Waals surface area contributed by atoms with E-state index in [9.17, 15) is 0 Å². The molecule has 1 heterocycles. The van der Waals surface area contributed by atoms with Crippen molar-refractivity contribution in [2.24, 2.45) is 0 Å². The molecule has 0 aliphatic heterocycles. The topological polar surface area (TPSA) is 3.24 Å². The summed E-state index contributed by atoms with van der Waals surface area (Å²) in [5.74, 6) is 0. The normalized spacial score (nSPS) is 15.3. The van der Waals surface area contributed by atoms with E-state index in [0.29, 0.717) is 0 Å². The molecule has 0 unspecified atom stereocenters. The molecule has 69 heavy (non-hydrogen) atoms. The van der Waals surface area contributed by atoms with Crippen molar-refractivity contribution >= 4 is 48.6 Å². The van der Waals surface area contributed by atoms with Crippen LogP contribution in [-0.2, 0) is 16.2 Å². The summed E-state index contributed by atoms with van der Waals surface area (Å²) in [6.45, 7) is 9.54. The molecule has 0 N–H and O–H groups in total. The van der Waals surface area contributed by atoms with Crippen LogP contribution in [0.2, 0.25) is 0 Å². The maximum atomic E-state index is 2.58. The van der Waals surface area contributed by atoms with E-state index in [0.717, 1.165) is 5.69 Å². The Hall–Kier alpha value is -7.78. The Labute approximate surface area is 407 Å². The molecule has 15 rings (SSSR count). The van der Waals surface area contributed by atoms with E-state index in [2.05, 4.69) is 245 Å². The molecule has 0 saturated heterocycles. The molecule has 1 spiro atoms. The van der Waals surface area contributed by atoms with Crippen molar-refractivity contribution in [3.05, 3.63) is 257 Å². The van der Waals surface area contributed by atoms with Gasteiger partial charge in [0.15, 0.2) is 0 Å². The van der Waals surface area contributed by atoms with Gasteiger partial charge in [0.2, 0.25) is 0 Å². The second-order valence-electron chi connectivity index (χ2n) is 20.7. The SMILES string of the molecule is CC1(C)c2ccccc2-c2ccc(N(c3ccc4c(c3)C(C)(C)c3ccccc3-4)c3ccc4c(c3)sc3cc5c(c(-c6ccccc6)c34)-c3ccccc3C53c4ccccc4-c4ccccc43)cc21. The third-order valence-corrected chi connectivity index (χ3v) is 17.8. The number of benzene rings is 10. The third-order valence-electron chi connectivity index (χ3n) is 16.7. The van der Waals surface area contributed by atoms with E-state index in [-0.39, 0.29) is 10.8 Å². The maximum Gasteiger partial charge on any atom is 0.0726 e. The van der Waals surface area contributed by atoms with Gasteiger partial charge in [0.05, 0.1) is 5.41 Å². The van der Waals surface area contributed by atoms with Crippen molar-refractivity contribution in [3.8, 4) is 55.6 Å². The van der Waals surface area contributed by atoms with Gasteiger partial charge >= 0.3 is 0 Å². The summed E-state index contributed by atoms with van der Waals surface area (Å²) in [6.07, 6.45) is 0. The van der Waals surface area contributed by atoms with Gasteiger partial charge in [0, 0.05) is 48.1 Å². The van der Waals surface area contributed by atoms with Crippen molar-refractivity contribution in [3.63, 3.8) is 0 Å². The van der Waals surface area contributed by atoms with E-state index in [1.54, 1.807) is 0 Å². The van der Waals surface area contributed by atoms with Crippen LogP contribution in [0.3, 0.4) is 0 Å². The molecule has 4 aliphatic carbocycles. The monoisotopic (exact) mass is 897 g/mol. The third kappa shape index (κ3) is 4.99. The van der Waals surface area contributed by atoms with Gasteiger partial charge in [-0.2, -0.15) is 0 Å². The first-order chi connectivity index (χ1) is 33.7. The zero-order valence-electron chi connectivity index (χ0n) is 39.1. The van der Waals surface area contributed by atoms with Crippen LogP contribution in [0.15, 0.2) is 212 Å². The zero-order chi connectivity index (χ0) is 46.0. The van der Waals surface area contributed by atoms with Gasteiger partial charge in [-0.25, -0.2) is 0 Å². The molecule has 0 saturated carbocycles. The summed E-state index contributed by atoms with van der Waals surface area (Å²) in [5, 5.41) is 2.63. The summed E-state index contributed by atoms with van der Waals surface area (Å²) < 4.78 is 2.60. The summed E-state index contributed by atoms with van der Waals surface area (Å²) in [5.41, 5.74) is 27.1. The van der Waals surface area contributed by atoms with Crippen LogP contribution in [-0.4, -0.2) is 0 Å². The number of fused-ring (bicyclic) bond motifs is 19.